The van der Waals surface area contributed by atoms with Gasteiger partial charge in [0, 0.05) is 12.4 Å². The summed E-state index contributed by atoms with van der Waals surface area (Å²) in [7, 11) is 0. The number of nitrogens with zero attached hydrogens (tertiary/aromatic N) is 1. The molecule has 2 aromatic rings. The van der Waals surface area contributed by atoms with Crippen molar-refractivity contribution in [2.75, 3.05) is 0 Å². The van der Waals surface area contributed by atoms with Crippen molar-refractivity contribution in [3.05, 3.63) is 66.0 Å². The van der Waals surface area contributed by atoms with Gasteiger partial charge in [0.05, 0.1) is 5.92 Å². The number of ether oxygens (including phenoxy) is 1. The second-order valence-electron chi connectivity index (χ2n) is 4.73. The average Bonchev–Trinajstić information content (AvgIpc) is 2.50. The zero-order valence-corrected chi connectivity index (χ0v) is 11.8. The Bertz CT molecular complexity index is 539. The maximum absolute atomic E-state index is 12.3. The third kappa shape index (κ3) is 3.44. The van der Waals surface area contributed by atoms with Crippen molar-refractivity contribution >= 4 is 5.97 Å². The first-order chi connectivity index (χ1) is 9.72. The van der Waals surface area contributed by atoms with Gasteiger partial charge in [0.1, 0.15) is 6.10 Å². The molecule has 0 spiro atoms. The minimum atomic E-state index is -0.261. The van der Waals surface area contributed by atoms with Crippen molar-refractivity contribution in [2.45, 2.75) is 32.3 Å². The third-order valence-corrected chi connectivity index (χ3v) is 3.36. The van der Waals surface area contributed by atoms with Gasteiger partial charge in [0.15, 0.2) is 0 Å². The molecule has 0 aliphatic carbocycles. The van der Waals surface area contributed by atoms with Crippen LogP contribution in [-0.4, -0.2) is 11.0 Å². The highest BCUT2D eigenvalue weighted by molar-refractivity contribution is 5.78. The molecule has 0 unspecified atom stereocenters. The van der Waals surface area contributed by atoms with E-state index in [0.29, 0.717) is 0 Å². The Hall–Kier alpha value is -2.16. The number of benzene rings is 1. The number of hydrogen-bond donors (Lipinski definition) is 0. The summed E-state index contributed by atoms with van der Waals surface area (Å²) < 4.78 is 5.58. The van der Waals surface area contributed by atoms with Gasteiger partial charge < -0.3 is 4.74 Å². The Labute approximate surface area is 119 Å². The van der Waals surface area contributed by atoms with E-state index in [2.05, 4.69) is 4.98 Å². The van der Waals surface area contributed by atoms with Gasteiger partial charge in [-0.3, -0.25) is 9.78 Å². The molecule has 1 aromatic heterocycles. The summed E-state index contributed by atoms with van der Waals surface area (Å²) in [6, 6.07) is 13.5. The van der Waals surface area contributed by atoms with Crippen molar-refractivity contribution in [3.63, 3.8) is 0 Å². The molecule has 3 heteroatoms. The van der Waals surface area contributed by atoms with E-state index in [4.69, 9.17) is 4.74 Å². The standard InChI is InChI=1S/C17H19NO2/c1-3-16(15-7-5-4-6-8-15)17(19)20-13(2)14-9-11-18-12-10-14/h4-13,16H,3H2,1-2H3/t13-,16-/m1/s1. The summed E-state index contributed by atoms with van der Waals surface area (Å²) in [6.07, 6.45) is 3.87. The highest BCUT2D eigenvalue weighted by atomic mass is 16.5. The SMILES string of the molecule is CC[C@@H](C(=O)O[C@H](C)c1ccncc1)c1ccccc1. The zero-order valence-electron chi connectivity index (χ0n) is 11.8. The molecule has 1 heterocycles. The molecule has 0 aliphatic rings. The topological polar surface area (TPSA) is 39.2 Å². The summed E-state index contributed by atoms with van der Waals surface area (Å²) in [5.41, 5.74) is 1.96. The van der Waals surface area contributed by atoms with Gasteiger partial charge in [0.25, 0.3) is 0 Å². The Morgan fingerprint density at radius 2 is 1.75 bits per heavy atom. The number of hydrogen-bond acceptors (Lipinski definition) is 3. The van der Waals surface area contributed by atoms with E-state index >= 15 is 0 Å². The molecule has 2 rings (SSSR count). The second-order valence-corrected chi connectivity index (χ2v) is 4.73. The zero-order chi connectivity index (χ0) is 14.4. The van der Waals surface area contributed by atoms with Gasteiger partial charge in [-0.15, -0.1) is 0 Å². The van der Waals surface area contributed by atoms with Gasteiger partial charge in [-0.1, -0.05) is 37.3 Å². The minimum absolute atomic E-state index is 0.178. The number of aromatic nitrogens is 1. The third-order valence-electron chi connectivity index (χ3n) is 3.36. The second kappa shape index (κ2) is 6.85. The predicted octanol–water partition coefficient (Wildman–Crippen LogP) is 3.88. The van der Waals surface area contributed by atoms with Crippen LogP contribution in [0.1, 0.15) is 43.4 Å². The van der Waals surface area contributed by atoms with E-state index in [1.807, 2.05) is 56.3 Å². The summed E-state index contributed by atoms with van der Waals surface area (Å²) in [5.74, 6) is -0.386. The number of pyridine rings is 1. The summed E-state index contributed by atoms with van der Waals surface area (Å²) in [6.45, 7) is 3.88. The van der Waals surface area contributed by atoms with Crippen molar-refractivity contribution in [3.8, 4) is 0 Å². The van der Waals surface area contributed by atoms with Crippen molar-refractivity contribution in [2.24, 2.45) is 0 Å². The minimum Gasteiger partial charge on any atom is -0.457 e. The number of carbonyl (C=O) groups is 1. The number of carbonyl (C=O) groups excluding carboxylic acids is 1. The van der Waals surface area contributed by atoms with Crippen LogP contribution in [0.4, 0.5) is 0 Å². The molecule has 104 valence electrons. The molecule has 2 atom stereocenters. The lowest BCUT2D eigenvalue weighted by Crippen LogP contribution is -2.17. The Balaban J connectivity index is 2.07. The molecular formula is C17H19NO2. The summed E-state index contributed by atoms with van der Waals surface area (Å²) >= 11 is 0. The van der Waals surface area contributed by atoms with Gasteiger partial charge in [0.2, 0.25) is 0 Å². The fraction of sp³-hybridized carbons (Fsp3) is 0.294. The van der Waals surface area contributed by atoms with E-state index in [1.54, 1.807) is 12.4 Å². The smallest absolute Gasteiger partial charge is 0.314 e. The molecule has 20 heavy (non-hydrogen) atoms. The molecule has 3 nitrogen and oxygen atoms in total. The number of esters is 1. The van der Waals surface area contributed by atoms with Gasteiger partial charge in [-0.05, 0) is 36.6 Å². The predicted molar refractivity (Wildman–Crippen MR) is 78.2 cm³/mol. The molecule has 0 aliphatic heterocycles. The molecular weight excluding hydrogens is 250 g/mol. The molecule has 1 aromatic carbocycles. The Morgan fingerprint density at radius 3 is 2.35 bits per heavy atom. The normalized spacial score (nSPS) is 13.5. The van der Waals surface area contributed by atoms with Crippen molar-refractivity contribution in [1.29, 1.82) is 0 Å². The van der Waals surface area contributed by atoms with Crippen LogP contribution in [-0.2, 0) is 9.53 Å². The van der Waals surface area contributed by atoms with Crippen LogP contribution < -0.4 is 0 Å². The highest BCUT2D eigenvalue weighted by Crippen LogP contribution is 2.24. The first kappa shape index (κ1) is 14.3. The van der Waals surface area contributed by atoms with E-state index in [-0.39, 0.29) is 18.0 Å². The van der Waals surface area contributed by atoms with Crippen LogP contribution in [0.25, 0.3) is 0 Å². The van der Waals surface area contributed by atoms with Crippen LogP contribution in [0.5, 0.6) is 0 Å². The molecule has 0 N–H and O–H groups in total. The average molecular weight is 269 g/mol. The monoisotopic (exact) mass is 269 g/mol. The molecule has 0 saturated heterocycles. The molecule has 0 amide bonds. The summed E-state index contributed by atoms with van der Waals surface area (Å²) in [4.78, 5) is 16.3. The fourth-order valence-corrected chi connectivity index (χ4v) is 2.18. The number of rotatable bonds is 5. The van der Waals surface area contributed by atoms with Crippen molar-refractivity contribution in [1.82, 2.24) is 4.98 Å². The van der Waals surface area contributed by atoms with Crippen LogP contribution in [0.3, 0.4) is 0 Å². The fourth-order valence-electron chi connectivity index (χ4n) is 2.18. The molecule has 0 saturated carbocycles. The van der Waals surface area contributed by atoms with Crippen LogP contribution in [0.15, 0.2) is 54.9 Å². The van der Waals surface area contributed by atoms with E-state index in [9.17, 15) is 4.79 Å². The molecule has 0 bridgehead atoms. The van der Waals surface area contributed by atoms with E-state index in [0.717, 1.165) is 17.5 Å². The van der Waals surface area contributed by atoms with Crippen molar-refractivity contribution < 1.29 is 9.53 Å². The van der Waals surface area contributed by atoms with Gasteiger partial charge >= 0.3 is 5.97 Å². The lowest BCUT2D eigenvalue weighted by molar-refractivity contribution is -0.150. The quantitative estimate of drug-likeness (QED) is 0.773. The largest absolute Gasteiger partial charge is 0.457 e. The first-order valence-corrected chi connectivity index (χ1v) is 6.87. The Morgan fingerprint density at radius 1 is 1.10 bits per heavy atom. The summed E-state index contributed by atoms with van der Waals surface area (Å²) in [5, 5.41) is 0. The van der Waals surface area contributed by atoms with E-state index < -0.39 is 0 Å². The van der Waals surface area contributed by atoms with Gasteiger partial charge in [-0.25, -0.2) is 0 Å². The first-order valence-electron chi connectivity index (χ1n) is 6.87. The maximum Gasteiger partial charge on any atom is 0.314 e. The lowest BCUT2D eigenvalue weighted by atomic mass is 9.96. The molecule has 0 fully saturated rings. The van der Waals surface area contributed by atoms with E-state index in [1.165, 1.54) is 0 Å². The maximum atomic E-state index is 12.3. The van der Waals surface area contributed by atoms with Crippen LogP contribution in [0, 0.1) is 0 Å². The van der Waals surface area contributed by atoms with Gasteiger partial charge in [-0.2, -0.15) is 0 Å². The van der Waals surface area contributed by atoms with Crippen LogP contribution in [0.2, 0.25) is 0 Å². The Kier molecular flexibility index (Phi) is 4.88. The highest BCUT2D eigenvalue weighted by Gasteiger charge is 2.22. The van der Waals surface area contributed by atoms with Crippen LogP contribution >= 0.6 is 0 Å². The molecule has 0 radical (unpaired) electrons. The lowest BCUT2D eigenvalue weighted by Gasteiger charge is -2.19.